The molecule has 0 bridgehead atoms. The highest BCUT2D eigenvalue weighted by molar-refractivity contribution is 5.80. The third kappa shape index (κ3) is 5.00. The zero-order valence-corrected chi connectivity index (χ0v) is 16.8. The number of para-hydroxylation sites is 4. The van der Waals surface area contributed by atoms with Crippen molar-refractivity contribution in [3.63, 3.8) is 0 Å². The molecule has 0 fully saturated rings. The van der Waals surface area contributed by atoms with Crippen LogP contribution in [0.4, 0.5) is 0 Å². The van der Waals surface area contributed by atoms with Crippen molar-refractivity contribution in [2.75, 3.05) is 0 Å². The largest absolute Gasteiger partial charge is 0.325 e. The number of aryl methyl sites for hydroxylation is 2. The zero-order chi connectivity index (χ0) is 21.0. The molecule has 2 heterocycles. The van der Waals surface area contributed by atoms with Crippen LogP contribution in [0, 0.1) is 10.2 Å². The summed E-state index contributed by atoms with van der Waals surface area (Å²) in [6.07, 6.45) is 4.22. The second-order valence-electron chi connectivity index (χ2n) is 6.19. The molecule has 0 radical (unpaired) electrons. The molecular formula is C20H21ClN4O4. The predicted molar refractivity (Wildman–Crippen MR) is 98.5 cm³/mol. The van der Waals surface area contributed by atoms with Crippen molar-refractivity contribution >= 4 is 34.2 Å². The number of hydrogen-bond acceptors (Lipinski definition) is 5. The second kappa shape index (κ2) is 8.73. The number of hydrogen-bond donors (Lipinski definition) is 1. The number of aromatic amines is 1. The summed E-state index contributed by atoms with van der Waals surface area (Å²) < 4.78 is 38.5. The summed E-state index contributed by atoms with van der Waals surface area (Å²) in [5, 5.41) is 0. The smallest absolute Gasteiger partial charge is 0.280 e. The third-order valence-electron chi connectivity index (χ3n) is 4.46. The number of rotatable bonds is 4. The maximum atomic E-state index is 8.49. The van der Waals surface area contributed by atoms with Gasteiger partial charge in [-0.25, -0.2) is 33.2 Å². The van der Waals surface area contributed by atoms with Gasteiger partial charge in [0.25, 0.3) is 5.82 Å². The van der Waals surface area contributed by atoms with Gasteiger partial charge in [0, 0.05) is 12.6 Å². The maximum absolute atomic E-state index is 8.49. The Morgan fingerprint density at radius 3 is 2.34 bits per heavy atom. The van der Waals surface area contributed by atoms with E-state index in [0.717, 1.165) is 35.8 Å². The molecule has 0 spiro atoms. The fraction of sp³-hybridized carbons (Fsp3) is 0.200. The fourth-order valence-corrected chi connectivity index (χ4v) is 3.33. The molecule has 4 aromatic rings. The number of H-pyrrole nitrogens is 1. The standard InChI is InChI=1S/C20H20N4.ClHO4/c1-3-23-17-11-7-5-9-15(17)21-19(23)13-14-20-22-16-10-6-8-12-18(16)24(20)4-2;2-1(3,4)5/h5-14H,3-4H2,1-2H3;(H,2,3,4,5)/b14-13+;. The highest BCUT2D eigenvalue weighted by atomic mass is 35.7. The Morgan fingerprint density at radius 1 is 1.00 bits per heavy atom. The van der Waals surface area contributed by atoms with Crippen molar-refractivity contribution in [1.82, 2.24) is 14.5 Å². The van der Waals surface area contributed by atoms with E-state index in [1.165, 1.54) is 11.0 Å². The second-order valence-corrected chi connectivity index (χ2v) is 6.94. The number of halogens is 1. The van der Waals surface area contributed by atoms with Crippen LogP contribution >= 0.6 is 0 Å². The van der Waals surface area contributed by atoms with Gasteiger partial charge in [0.15, 0.2) is 11.0 Å². The minimum atomic E-state index is -4.94. The number of imidazole rings is 2. The summed E-state index contributed by atoms with van der Waals surface area (Å²) in [4.78, 5) is 8.26. The van der Waals surface area contributed by atoms with Crippen LogP contribution in [0.25, 0.3) is 34.2 Å². The molecule has 0 atom stereocenters. The monoisotopic (exact) mass is 416 g/mol. The van der Waals surface area contributed by atoms with Gasteiger partial charge in [0.1, 0.15) is 5.82 Å². The Bertz CT molecular complexity index is 1050. The van der Waals surface area contributed by atoms with E-state index in [-0.39, 0.29) is 0 Å². The maximum Gasteiger partial charge on any atom is 0.280 e. The van der Waals surface area contributed by atoms with Crippen molar-refractivity contribution in [3.8, 4) is 0 Å². The number of benzene rings is 2. The molecular weight excluding hydrogens is 396 g/mol. The van der Waals surface area contributed by atoms with Gasteiger partial charge in [-0.2, -0.15) is 0 Å². The van der Waals surface area contributed by atoms with E-state index in [2.05, 4.69) is 82.6 Å². The minimum Gasteiger partial charge on any atom is -0.325 e. The molecule has 2 aromatic carbocycles. The highest BCUT2D eigenvalue weighted by Gasteiger charge is 2.14. The molecule has 1 N–H and O–H groups in total. The first-order valence-corrected chi connectivity index (χ1v) is 10.3. The van der Waals surface area contributed by atoms with Crippen molar-refractivity contribution in [2.24, 2.45) is 0 Å². The normalized spacial score (nSPS) is 11.9. The van der Waals surface area contributed by atoms with Gasteiger partial charge in [-0.15, -0.1) is 10.2 Å². The van der Waals surface area contributed by atoms with Crippen LogP contribution in [0.15, 0.2) is 48.5 Å². The van der Waals surface area contributed by atoms with Gasteiger partial charge in [0.05, 0.1) is 17.6 Å². The summed E-state index contributed by atoms with van der Waals surface area (Å²) in [7, 11) is -4.94. The molecule has 0 aliphatic rings. The Kier molecular flexibility index (Phi) is 6.31. The van der Waals surface area contributed by atoms with E-state index in [9.17, 15) is 0 Å². The zero-order valence-electron chi connectivity index (χ0n) is 16.0. The molecule has 0 saturated carbocycles. The summed E-state index contributed by atoms with van der Waals surface area (Å²) >= 11 is 0. The minimum absolute atomic E-state index is 0.903. The molecule has 0 unspecified atom stereocenters. The van der Waals surface area contributed by atoms with Crippen LogP contribution in [-0.2, 0) is 13.1 Å². The summed E-state index contributed by atoms with van der Waals surface area (Å²) in [5.74, 6) is 2.08. The molecule has 0 aliphatic heterocycles. The SMILES string of the molecule is CCn1c(/C=C/c2[nH]c3ccccc3[n+]2CC)nc2ccccc21.[O-][Cl+3]([O-])([O-])[O-]. The fourth-order valence-electron chi connectivity index (χ4n) is 3.33. The lowest BCUT2D eigenvalue weighted by Crippen LogP contribution is -2.68. The summed E-state index contributed by atoms with van der Waals surface area (Å²) in [5.41, 5.74) is 4.60. The van der Waals surface area contributed by atoms with E-state index in [4.69, 9.17) is 23.6 Å². The van der Waals surface area contributed by atoms with E-state index < -0.39 is 10.2 Å². The van der Waals surface area contributed by atoms with Crippen LogP contribution in [0.5, 0.6) is 0 Å². The van der Waals surface area contributed by atoms with Gasteiger partial charge >= 0.3 is 0 Å². The number of nitrogens with one attached hydrogen (secondary N) is 1. The van der Waals surface area contributed by atoms with E-state index in [0.29, 0.717) is 0 Å². The van der Waals surface area contributed by atoms with Crippen LogP contribution < -0.4 is 23.2 Å². The van der Waals surface area contributed by atoms with Crippen LogP contribution in [0.3, 0.4) is 0 Å². The number of nitrogens with zero attached hydrogens (tertiary/aromatic N) is 3. The van der Waals surface area contributed by atoms with Gasteiger partial charge in [-0.1, -0.05) is 24.3 Å². The van der Waals surface area contributed by atoms with E-state index in [1.54, 1.807) is 0 Å². The van der Waals surface area contributed by atoms with Gasteiger partial charge in [0.2, 0.25) is 0 Å². The lowest BCUT2D eigenvalue weighted by Gasteiger charge is -2.17. The summed E-state index contributed by atoms with van der Waals surface area (Å²) in [6, 6.07) is 16.7. The summed E-state index contributed by atoms with van der Waals surface area (Å²) in [6.45, 7) is 6.15. The van der Waals surface area contributed by atoms with Crippen LogP contribution in [0.2, 0.25) is 0 Å². The molecule has 29 heavy (non-hydrogen) atoms. The van der Waals surface area contributed by atoms with E-state index in [1.807, 2.05) is 6.07 Å². The van der Waals surface area contributed by atoms with Gasteiger partial charge in [-0.05, 0) is 44.2 Å². The first-order valence-electron chi connectivity index (χ1n) is 9.07. The Labute approximate surface area is 169 Å². The topological polar surface area (TPSA) is 130 Å². The number of fused-ring (bicyclic) bond motifs is 2. The van der Waals surface area contributed by atoms with E-state index >= 15 is 0 Å². The first kappa shape index (κ1) is 21.0. The Morgan fingerprint density at radius 2 is 1.66 bits per heavy atom. The molecule has 4 rings (SSSR count). The van der Waals surface area contributed by atoms with Crippen LogP contribution in [0.1, 0.15) is 25.5 Å². The Hall–Kier alpha value is -2.75. The molecule has 2 aromatic heterocycles. The molecule has 8 nitrogen and oxygen atoms in total. The van der Waals surface area contributed by atoms with Crippen LogP contribution in [-0.4, -0.2) is 14.5 Å². The van der Waals surface area contributed by atoms with Gasteiger partial charge < -0.3 is 4.57 Å². The lowest BCUT2D eigenvalue weighted by atomic mass is 10.3. The molecule has 0 saturated heterocycles. The van der Waals surface area contributed by atoms with Crippen molar-refractivity contribution in [1.29, 1.82) is 0 Å². The molecule has 152 valence electrons. The average molecular weight is 417 g/mol. The van der Waals surface area contributed by atoms with Crippen molar-refractivity contribution < 1.29 is 33.4 Å². The van der Waals surface area contributed by atoms with Crippen molar-refractivity contribution in [3.05, 3.63) is 60.2 Å². The number of aromatic nitrogens is 4. The van der Waals surface area contributed by atoms with Gasteiger partial charge in [-0.3, -0.25) is 0 Å². The first-order chi connectivity index (χ1) is 13.8. The molecule has 0 aliphatic carbocycles. The quantitative estimate of drug-likeness (QED) is 0.438. The molecule has 0 amide bonds. The average Bonchev–Trinajstić information content (AvgIpc) is 3.21. The highest BCUT2D eigenvalue weighted by Crippen LogP contribution is 2.18. The van der Waals surface area contributed by atoms with Crippen molar-refractivity contribution in [2.45, 2.75) is 26.9 Å². The lowest BCUT2D eigenvalue weighted by molar-refractivity contribution is -2.00. The predicted octanol–water partition coefficient (Wildman–Crippen LogP) is -0.741. The third-order valence-corrected chi connectivity index (χ3v) is 4.46. The molecule has 9 heteroatoms. The Balaban J connectivity index is 0.000000431.